The largest absolute Gasteiger partial charge is 0.381 e. The van der Waals surface area contributed by atoms with E-state index < -0.39 is 0 Å². The molecular weight excluding hydrogens is 180 g/mol. The zero-order valence-electron chi connectivity index (χ0n) is 6.11. The van der Waals surface area contributed by atoms with Gasteiger partial charge in [0, 0.05) is 26.8 Å². The molecule has 0 aromatic heterocycles. The molecule has 2 nitrogen and oxygen atoms in total. The molecule has 0 aliphatic carbocycles. The Kier molecular flexibility index (Phi) is 4.58. The van der Waals surface area contributed by atoms with E-state index >= 15 is 0 Å². The highest BCUT2D eigenvalue weighted by Crippen LogP contribution is 1.98. The van der Waals surface area contributed by atoms with Gasteiger partial charge in [-0.1, -0.05) is 0 Å². The molecule has 0 atom stereocenters. The first kappa shape index (κ1) is 8.82. The fourth-order valence-corrected chi connectivity index (χ4v) is 0.699. The molecule has 1 N–H and O–H groups in total. The molecule has 0 heterocycles. The van der Waals surface area contributed by atoms with Crippen LogP contribution in [0.25, 0.3) is 0 Å². The summed E-state index contributed by atoms with van der Waals surface area (Å²) < 4.78 is 1.01. The molecule has 0 fully saturated rings. The Morgan fingerprint density at radius 1 is 1.78 bits per heavy atom. The van der Waals surface area contributed by atoms with Crippen molar-refractivity contribution in [2.75, 3.05) is 20.6 Å². The van der Waals surface area contributed by atoms with Crippen LogP contribution in [0.1, 0.15) is 6.92 Å². The van der Waals surface area contributed by atoms with Gasteiger partial charge in [-0.05, 0) is 22.9 Å². The molecule has 0 unspecified atom stereocenters. The Morgan fingerprint density at radius 2 is 2.33 bits per heavy atom. The van der Waals surface area contributed by atoms with Crippen LogP contribution in [0.3, 0.4) is 0 Å². The van der Waals surface area contributed by atoms with Crippen LogP contribution in [0.5, 0.6) is 0 Å². The third-order valence-electron chi connectivity index (χ3n) is 1.07. The van der Waals surface area contributed by atoms with E-state index in [-0.39, 0.29) is 0 Å². The molecule has 0 aromatic carbocycles. The molecule has 54 valence electrons. The second-order valence-electron chi connectivity index (χ2n) is 1.80. The van der Waals surface area contributed by atoms with E-state index in [0.717, 1.165) is 11.2 Å². The quantitative estimate of drug-likeness (QED) is 0.680. The summed E-state index contributed by atoms with van der Waals surface area (Å²) in [6.45, 7) is 3.13. The highest BCUT2D eigenvalue weighted by Gasteiger charge is 1.86. The van der Waals surface area contributed by atoms with Gasteiger partial charge < -0.3 is 10.2 Å². The van der Waals surface area contributed by atoms with Gasteiger partial charge in [-0.25, -0.2) is 0 Å². The zero-order chi connectivity index (χ0) is 7.28. The summed E-state index contributed by atoms with van der Waals surface area (Å²) in [5, 5.41) is 2.97. The number of hydrogen-bond donors (Lipinski definition) is 1. The van der Waals surface area contributed by atoms with Gasteiger partial charge in [0.25, 0.3) is 0 Å². The van der Waals surface area contributed by atoms with Crippen molar-refractivity contribution in [2.24, 2.45) is 0 Å². The van der Waals surface area contributed by atoms with Crippen LogP contribution in [0.4, 0.5) is 0 Å². The SMILES string of the molecule is CCN(C)/C=C(/Br)NC. The fraction of sp³-hybridized carbons (Fsp3) is 0.667. The molecule has 3 heteroatoms. The monoisotopic (exact) mass is 192 g/mol. The average molecular weight is 193 g/mol. The molecule has 0 saturated heterocycles. The lowest BCUT2D eigenvalue weighted by Gasteiger charge is -2.10. The molecule has 0 saturated carbocycles. The molecule has 0 aliphatic rings. The molecule has 0 spiro atoms. The van der Waals surface area contributed by atoms with Gasteiger partial charge in [0.2, 0.25) is 0 Å². The normalized spacial score (nSPS) is 11.3. The number of hydrogen-bond acceptors (Lipinski definition) is 2. The number of nitrogens with zero attached hydrogens (tertiary/aromatic N) is 1. The topological polar surface area (TPSA) is 15.3 Å². The van der Waals surface area contributed by atoms with Crippen molar-refractivity contribution >= 4 is 15.9 Å². The molecule has 9 heavy (non-hydrogen) atoms. The third-order valence-corrected chi connectivity index (χ3v) is 1.67. The van der Waals surface area contributed by atoms with Crippen molar-refractivity contribution in [1.29, 1.82) is 0 Å². The van der Waals surface area contributed by atoms with Crippen LogP contribution < -0.4 is 5.32 Å². The first-order chi connectivity index (χ1) is 4.20. The lowest BCUT2D eigenvalue weighted by atomic mass is 10.6. The van der Waals surface area contributed by atoms with Crippen LogP contribution in [-0.2, 0) is 0 Å². The Balaban J connectivity index is 3.64. The molecule has 0 bridgehead atoms. The van der Waals surface area contributed by atoms with Crippen molar-refractivity contribution in [3.63, 3.8) is 0 Å². The van der Waals surface area contributed by atoms with Gasteiger partial charge in [-0.15, -0.1) is 0 Å². The van der Waals surface area contributed by atoms with E-state index in [4.69, 9.17) is 0 Å². The molecule has 0 amide bonds. The lowest BCUT2D eigenvalue weighted by Crippen LogP contribution is -2.12. The number of halogens is 1. The van der Waals surface area contributed by atoms with Crippen LogP contribution in [0.2, 0.25) is 0 Å². The predicted molar refractivity (Wildman–Crippen MR) is 44.4 cm³/mol. The minimum atomic E-state index is 1.01. The highest BCUT2D eigenvalue weighted by molar-refractivity contribution is 9.11. The van der Waals surface area contributed by atoms with Crippen LogP contribution >= 0.6 is 15.9 Å². The lowest BCUT2D eigenvalue weighted by molar-refractivity contribution is 0.480. The highest BCUT2D eigenvalue weighted by atomic mass is 79.9. The van der Waals surface area contributed by atoms with Crippen LogP contribution in [0.15, 0.2) is 10.8 Å². The van der Waals surface area contributed by atoms with Gasteiger partial charge in [-0.2, -0.15) is 0 Å². The molecule has 0 aromatic rings. The van der Waals surface area contributed by atoms with Gasteiger partial charge in [0.05, 0.1) is 4.61 Å². The van der Waals surface area contributed by atoms with Crippen LogP contribution in [-0.4, -0.2) is 25.5 Å². The summed E-state index contributed by atoms with van der Waals surface area (Å²) in [7, 11) is 3.91. The summed E-state index contributed by atoms with van der Waals surface area (Å²) in [5.74, 6) is 0. The third kappa shape index (κ3) is 4.33. The maximum absolute atomic E-state index is 3.33. The Labute approximate surface area is 65.1 Å². The van der Waals surface area contributed by atoms with Crippen molar-refractivity contribution < 1.29 is 0 Å². The molecule has 0 aliphatic heterocycles. The van der Waals surface area contributed by atoms with Crippen LogP contribution in [0, 0.1) is 0 Å². The Bertz CT molecular complexity index is 101. The van der Waals surface area contributed by atoms with Crippen molar-refractivity contribution in [2.45, 2.75) is 6.92 Å². The Hall–Kier alpha value is -0.180. The van der Waals surface area contributed by atoms with Crippen molar-refractivity contribution in [3.05, 3.63) is 10.8 Å². The summed E-state index contributed by atoms with van der Waals surface area (Å²) in [4.78, 5) is 2.08. The van der Waals surface area contributed by atoms with E-state index in [9.17, 15) is 0 Å². The van der Waals surface area contributed by atoms with Gasteiger partial charge in [-0.3, -0.25) is 0 Å². The number of rotatable bonds is 3. The van der Waals surface area contributed by atoms with Gasteiger partial charge >= 0.3 is 0 Å². The molecular formula is C6H13BrN2. The summed E-state index contributed by atoms with van der Waals surface area (Å²) in [6.07, 6.45) is 2.00. The number of nitrogens with one attached hydrogen (secondary N) is 1. The first-order valence-corrected chi connectivity index (χ1v) is 3.75. The first-order valence-electron chi connectivity index (χ1n) is 2.96. The molecule has 0 radical (unpaired) electrons. The van der Waals surface area contributed by atoms with Gasteiger partial charge in [0.1, 0.15) is 0 Å². The Morgan fingerprint density at radius 3 is 2.67 bits per heavy atom. The van der Waals surface area contributed by atoms with E-state index in [1.807, 2.05) is 20.3 Å². The van der Waals surface area contributed by atoms with E-state index in [2.05, 4.69) is 33.1 Å². The average Bonchev–Trinajstić information content (AvgIpc) is 1.87. The molecule has 0 rings (SSSR count). The van der Waals surface area contributed by atoms with Crippen molar-refractivity contribution in [3.8, 4) is 0 Å². The van der Waals surface area contributed by atoms with Gasteiger partial charge in [0.15, 0.2) is 0 Å². The smallest absolute Gasteiger partial charge is 0.0938 e. The maximum Gasteiger partial charge on any atom is 0.0938 e. The van der Waals surface area contributed by atoms with Crippen molar-refractivity contribution in [1.82, 2.24) is 10.2 Å². The summed E-state index contributed by atoms with van der Waals surface area (Å²) in [6, 6.07) is 0. The second-order valence-corrected chi connectivity index (χ2v) is 2.65. The maximum atomic E-state index is 3.33. The summed E-state index contributed by atoms with van der Waals surface area (Å²) in [5.41, 5.74) is 0. The second kappa shape index (κ2) is 4.68. The zero-order valence-corrected chi connectivity index (χ0v) is 7.70. The minimum Gasteiger partial charge on any atom is -0.381 e. The van der Waals surface area contributed by atoms with E-state index in [1.165, 1.54) is 0 Å². The predicted octanol–water partition coefficient (Wildman–Crippen LogP) is 1.35. The summed E-state index contributed by atoms with van der Waals surface area (Å²) >= 11 is 3.33. The standard InChI is InChI=1S/C6H13BrN2/c1-4-9(3)5-6(7)8-2/h5,8H,4H2,1-3H3/b6-5-. The van der Waals surface area contributed by atoms with E-state index in [1.54, 1.807) is 0 Å². The minimum absolute atomic E-state index is 1.01. The fourth-order valence-electron chi connectivity index (χ4n) is 0.349. The van der Waals surface area contributed by atoms with E-state index in [0.29, 0.717) is 0 Å².